The van der Waals surface area contributed by atoms with Gasteiger partial charge in [0.25, 0.3) is 0 Å². The van der Waals surface area contributed by atoms with E-state index in [9.17, 15) is 4.79 Å². The molecule has 0 radical (unpaired) electrons. The summed E-state index contributed by atoms with van der Waals surface area (Å²) in [6.45, 7) is 15.0. The Kier molecular flexibility index (Phi) is 17.8. The summed E-state index contributed by atoms with van der Waals surface area (Å²) in [5.41, 5.74) is 11.7. The second-order valence-electron chi connectivity index (χ2n) is 13.1. The van der Waals surface area contributed by atoms with Crippen molar-refractivity contribution in [2.24, 2.45) is 11.7 Å². The topological polar surface area (TPSA) is 70.8 Å². The van der Waals surface area contributed by atoms with E-state index in [-0.39, 0.29) is 30.3 Å². The average molecular weight is 694 g/mol. The minimum absolute atomic E-state index is 0. The van der Waals surface area contributed by atoms with Crippen LogP contribution in [0.25, 0.3) is 0 Å². The molecule has 4 aromatic rings. The van der Waals surface area contributed by atoms with Crippen LogP contribution in [0.1, 0.15) is 88.3 Å². The maximum absolute atomic E-state index is 11.9. The number of carbonyl (C=O) groups excluding carboxylic acids is 1. The highest BCUT2D eigenvalue weighted by molar-refractivity contribution is 5.85. The quantitative estimate of drug-likeness (QED) is 0.133. The Labute approximate surface area is 306 Å². The normalized spacial score (nSPS) is 11.4. The molecule has 4 rings (SSSR count). The van der Waals surface area contributed by atoms with Crippen LogP contribution in [-0.4, -0.2) is 30.8 Å². The van der Waals surface area contributed by atoms with Crippen molar-refractivity contribution >= 4 is 18.4 Å². The van der Waals surface area contributed by atoms with Gasteiger partial charge in [0.1, 0.15) is 17.1 Å². The molecule has 50 heavy (non-hydrogen) atoms. The van der Waals surface area contributed by atoms with Gasteiger partial charge < -0.3 is 19.9 Å². The summed E-state index contributed by atoms with van der Waals surface area (Å²) in [5, 5.41) is 0. The molecule has 6 heteroatoms. The van der Waals surface area contributed by atoms with E-state index < -0.39 is 5.60 Å². The Hall–Kier alpha value is -4.68. The van der Waals surface area contributed by atoms with E-state index in [1.54, 1.807) is 0 Å². The Morgan fingerprint density at radius 3 is 1.28 bits per heavy atom. The number of nitrogens with two attached hydrogens (primary N) is 1. The molecule has 2 N–H and O–H groups in total. The molecule has 0 aliphatic rings. The molecular weight excluding hydrogens is 642 g/mol. The van der Waals surface area contributed by atoms with Crippen LogP contribution in [0.5, 0.6) is 11.5 Å². The molecule has 0 aliphatic carbocycles. The lowest BCUT2D eigenvalue weighted by Gasteiger charge is -2.21. The van der Waals surface area contributed by atoms with Crippen molar-refractivity contribution in [2.75, 3.05) is 13.2 Å². The van der Waals surface area contributed by atoms with Crippen molar-refractivity contribution in [1.82, 2.24) is 0 Å². The van der Waals surface area contributed by atoms with Gasteiger partial charge in [0.2, 0.25) is 0 Å². The first kappa shape index (κ1) is 41.5. The van der Waals surface area contributed by atoms with Crippen LogP contribution >= 0.6 is 12.4 Å². The van der Waals surface area contributed by atoms with Crippen LogP contribution < -0.4 is 15.2 Å². The predicted octanol–water partition coefficient (Wildman–Crippen LogP) is 9.19. The predicted molar refractivity (Wildman–Crippen MR) is 208 cm³/mol. The van der Waals surface area contributed by atoms with Gasteiger partial charge in [-0.05, 0) is 144 Å². The zero-order valence-electron chi connectivity index (χ0n) is 30.5. The van der Waals surface area contributed by atoms with Gasteiger partial charge in [-0.3, -0.25) is 4.79 Å². The van der Waals surface area contributed by atoms with Gasteiger partial charge in [-0.1, -0.05) is 54.9 Å². The van der Waals surface area contributed by atoms with E-state index in [2.05, 4.69) is 54.9 Å². The summed E-state index contributed by atoms with van der Waals surface area (Å²) < 4.78 is 16.2. The smallest absolute Gasteiger partial charge is 0.306 e. The Morgan fingerprint density at radius 1 is 0.620 bits per heavy atom. The van der Waals surface area contributed by atoms with Gasteiger partial charge in [0.05, 0.1) is 13.2 Å². The first-order chi connectivity index (χ1) is 23.4. The van der Waals surface area contributed by atoms with Crippen LogP contribution in [-0.2, 0) is 22.4 Å². The Balaban J connectivity index is 0.000000353. The second-order valence-corrected chi connectivity index (χ2v) is 13.1. The minimum atomic E-state index is -0.430. The number of esters is 1. The van der Waals surface area contributed by atoms with Gasteiger partial charge in [-0.2, -0.15) is 0 Å². The molecule has 0 spiro atoms. The third-order valence-corrected chi connectivity index (χ3v) is 7.02. The zero-order chi connectivity index (χ0) is 35.6. The molecular formula is C44H52ClNO4. The lowest BCUT2D eigenvalue weighted by atomic mass is 9.97. The average Bonchev–Trinajstić information content (AvgIpc) is 3.05. The zero-order valence-corrected chi connectivity index (χ0v) is 31.4. The highest BCUT2D eigenvalue weighted by Gasteiger charge is 2.18. The number of benzene rings is 4. The first-order valence-electron chi connectivity index (χ1n) is 17.1. The highest BCUT2D eigenvalue weighted by atomic mass is 35.5. The molecule has 0 bridgehead atoms. The van der Waals surface area contributed by atoms with Crippen LogP contribution in [0.15, 0.2) is 97.1 Å². The number of rotatable bonds is 10. The van der Waals surface area contributed by atoms with E-state index in [1.807, 2.05) is 114 Å². The number of ether oxygens (including phenoxy) is 3. The maximum Gasteiger partial charge on any atom is 0.306 e. The van der Waals surface area contributed by atoms with Crippen molar-refractivity contribution in [2.45, 2.75) is 79.4 Å². The van der Waals surface area contributed by atoms with Gasteiger partial charge >= 0.3 is 5.97 Å². The van der Waals surface area contributed by atoms with Crippen molar-refractivity contribution in [3.05, 3.63) is 130 Å². The third-order valence-electron chi connectivity index (χ3n) is 7.02. The number of carbonyl (C=O) groups is 1. The standard InChI is InChI=1S/C25H30O3.C19H21NO.ClH/c1-6-27-23-15-13-21(14-16-23)8-7-20-9-11-22(12-10-20)17-19(2)18-24(26)28-25(3,4)5;1-3-21-19-12-10-17(11-13-19)5-4-16-6-8-18(9-7-16)14-15(2)20;/h9-16,19H,6,17-18H2,1-5H3;6-13,15H,3,14,20H2,1-2H3;1H. The van der Waals surface area contributed by atoms with Gasteiger partial charge in [0.15, 0.2) is 0 Å². The van der Waals surface area contributed by atoms with Crippen molar-refractivity contribution in [3.63, 3.8) is 0 Å². The number of hydrogen-bond acceptors (Lipinski definition) is 5. The van der Waals surface area contributed by atoms with E-state index in [4.69, 9.17) is 19.9 Å². The minimum Gasteiger partial charge on any atom is -0.494 e. The third kappa shape index (κ3) is 16.6. The highest BCUT2D eigenvalue weighted by Crippen LogP contribution is 2.17. The molecule has 0 aliphatic heterocycles. The van der Waals surface area contributed by atoms with Crippen molar-refractivity contribution < 1.29 is 19.0 Å². The fourth-order valence-electron chi connectivity index (χ4n) is 4.85. The largest absolute Gasteiger partial charge is 0.494 e. The molecule has 2 atom stereocenters. The fourth-order valence-corrected chi connectivity index (χ4v) is 4.85. The van der Waals surface area contributed by atoms with Gasteiger partial charge in [0, 0.05) is 34.7 Å². The molecule has 5 nitrogen and oxygen atoms in total. The van der Waals surface area contributed by atoms with E-state index in [0.29, 0.717) is 19.6 Å². The molecule has 0 heterocycles. The van der Waals surface area contributed by atoms with E-state index >= 15 is 0 Å². The monoisotopic (exact) mass is 693 g/mol. The van der Waals surface area contributed by atoms with Crippen LogP contribution in [0.2, 0.25) is 0 Å². The van der Waals surface area contributed by atoms with Crippen LogP contribution in [0.3, 0.4) is 0 Å². The van der Waals surface area contributed by atoms with Crippen LogP contribution in [0.4, 0.5) is 0 Å². The molecule has 0 saturated carbocycles. The van der Waals surface area contributed by atoms with Crippen molar-refractivity contribution in [1.29, 1.82) is 0 Å². The molecule has 0 aromatic heterocycles. The number of hydrogen-bond donors (Lipinski definition) is 1. The molecule has 264 valence electrons. The molecule has 2 unspecified atom stereocenters. The fraction of sp³-hybridized carbons (Fsp3) is 0.341. The molecule has 0 saturated heterocycles. The molecule has 0 amide bonds. The summed E-state index contributed by atoms with van der Waals surface area (Å²) >= 11 is 0. The van der Waals surface area contributed by atoms with Crippen LogP contribution in [0, 0.1) is 29.6 Å². The van der Waals surface area contributed by atoms with Gasteiger partial charge in [-0.15, -0.1) is 12.4 Å². The lowest BCUT2D eigenvalue weighted by molar-refractivity contribution is -0.155. The summed E-state index contributed by atoms with van der Waals surface area (Å²) in [4.78, 5) is 11.9. The lowest BCUT2D eigenvalue weighted by Crippen LogP contribution is -2.25. The summed E-state index contributed by atoms with van der Waals surface area (Å²) in [5.74, 6) is 14.5. The van der Waals surface area contributed by atoms with Gasteiger partial charge in [-0.25, -0.2) is 0 Å². The number of halogens is 1. The maximum atomic E-state index is 11.9. The Morgan fingerprint density at radius 2 is 0.960 bits per heavy atom. The van der Waals surface area contributed by atoms with Crippen molar-refractivity contribution in [3.8, 4) is 35.2 Å². The Bertz CT molecular complexity index is 1700. The SMILES string of the molecule is CCOc1ccc(C#Cc2ccc(CC(C)CC(=O)OC(C)(C)C)cc2)cc1.CCOc1ccc(C#Cc2ccc(CC(C)N)cc2)cc1.Cl. The first-order valence-corrected chi connectivity index (χ1v) is 17.1. The summed E-state index contributed by atoms with van der Waals surface area (Å²) in [6.07, 6.45) is 2.16. The van der Waals surface area contributed by atoms with E-state index in [1.165, 1.54) is 11.1 Å². The molecule has 4 aromatic carbocycles. The summed E-state index contributed by atoms with van der Waals surface area (Å²) in [7, 11) is 0. The second kappa shape index (κ2) is 21.4. The summed E-state index contributed by atoms with van der Waals surface area (Å²) in [6, 6.07) is 32.3. The van der Waals surface area contributed by atoms with E-state index in [0.717, 1.165) is 46.6 Å². The molecule has 0 fully saturated rings.